The molecule has 0 atom stereocenters. The van der Waals surface area contributed by atoms with Crippen LogP contribution in [0.15, 0.2) is 36.4 Å². The van der Waals surface area contributed by atoms with Gasteiger partial charge in [-0.2, -0.15) is 0 Å². The molecule has 0 unspecified atom stereocenters. The Hall–Kier alpha value is -3.02. The van der Waals surface area contributed by atoms with E-state index in [1.165, 1.54) is 0 Å². The molecule has 26 heavy (non-hydrogen) atoms. The van der Waals surface area contributed by atoms with Gasteiger partial charge >= 0.3 is 0 Å². The fourth-order valence-corrected chi connectivity index (χ4v) is 3.28. The van der Waals surface area contributed by atoms with Crippen LogP contribution in [0.5, 0.6) is 11.5 Å². The van der Waals surface area contributed by atoms with Crippen LogP contribution in [-0.2, 0) is 17.8 Å². The highest BCUT2D eigenvalue weighted by Gasteiger charge is 2.15. The van der Waals surface area contributed by atoms with Crippen molar-refractivity contribution in [3.8, 4) is 11.5 Å². The van der Waals surface area contributed by atoms with Crippen LogP contribution in [0.3, 0.4) is 0 Å². The second kappa shape index (κ2) is 6.71. The number of imidazole rings is 1. The van der Waals surface area contributed by atoms with Gasteiger partial charge in [0.05, 0.1) is 17.5 Å². The summed E-state index contributed by atoms with van der Waals surface area (Å²) in [5.74, 6) is 2.32. The van der Waals surface area contributed by atoms with Crippen LogP contribution >= 0.6 is 0 Å². The maximum absolute atomic E-state index is 12.4. The molecule has 0 spiro atoms. The minimum Gasteiger partial charge on any atom is -0.454 e. The Kier molecular flexibility index (Phi) is 4.24. The first kappa shape index (κ1) is 16.4. The van der Waals surface area contributed by atoms with Gasteiger partial charge in [-0.15, -0.1) is 0 Å². The van der Waals surface area contributed by atoms with Crippen LogP contribution in [0.2, 0.25) is 0 Å². The molecule has 1 aliphatic heterocycles. The summed E-state index contributed by atoms with van der Waals surface area (Å²) in [4.78, 5) is 17.0. The van der Waals surface area contributed by atoms with E-state index in [0.717, 1.165) is 46.8 Å². The summed E-state index contributed by atoms with van der Waals surface area (Å²) in [6.07, 6.45) is 1.33. The number of anilines is 1. The van der Waals surface area contributed by atoms with Crippen LogP contribution in [0.1, 0.15) is 24.7 Å². The van der Waals surface area contributed by atoms with Crippen molar-refractivity contribution in [1.29, 1.82) is 0 Å². The first-order chi connectivity index (χ1) is 12.6. The van der Waals surface area contributed by atoms with E-state index in [1.54, 1.807) is 0 Å². The fraction of sp³-hybridized carbons (Fsp3) is 0.300. The molecule has 3 aromatic rings. The Morgan fingerprint density at radius 2 is 2.04 bits per heavy atom. The lowest BCUT2D eigenvalue weighted by Crippen LogP contribution is -2.14. The van der Waals surface area contributed by atoms with Crippen LogP contribution < -0.4 is 14.8 Å². The van der Waals surface area contributed by atoms with Crippen molar-refractivity contribution in [3.05, 3.63) is 47.8 Å². The normalized spacial score (nSPS) is 12.5. The Balaban J connectivity index is 1.49. The van der Waals surface area contributed by atoms with E-state index in [9.17, 15) is 4.79 Å². The van der Waals surface area contributed by atoms with Gasteiger partial charge in [-0.1, -0.05) is 13.0 Å². The fourth-order valence-electron chi connectivity index (χ4n) is 3.28. The van der Waals surface area contributed by atoms with Gasteiger partial charge in [-0.05, 0) is 49.2 Å². The van der Waals surface area contributed by atoms with Crippen molar-refractivity contribution in [2.24, 2.45) is 0 Å². The maximum atomic E-state index is 12.4. The molecule has 6 heteroatoms. The number of aryl methyl sites for hydroxylation is 2. The van der Waals surface area contributed by atoms with Gasteiger partial charge in [0.15, 0.2) is 11.5 Å². The van der Waals surface area contributed by atoms with Gasteiger partial charge < -0.3 is 19.4 Å². The van der Waals surface area contributed by atoms with Crippen LogP contribution in [0.25, 0.3) is 11.0 Å². The number of hydrogen-bond donors (Lipinski definition) is 1. The lowest BCUT2D eigenvalue weighted by atomic mass is 10.1. The molecular formula is C20H21N3O3. The summed E-state index contributed by atoms with van der Waals surface area (Å²) in [7, 11) is 0. The van der Waals surface area contributed by atoms with Gasteiger partial charge in [0.1, 0.15) is 5.82 Å². The summed E-state index contributed by atoms with van der Waals surface area (Å²) in [6, 6.07) is 11.4. The average molecular weight is 351 g/mol. The zero-order valence-corrected chi connectivity index (χ0v) is 14.9. The number of hydrogen-bond acceptors (Lipinski definition) is 4. The van der Waals surface area contributed by atoms with Crippen molar-refractivity contribution < 1.29 is 14.3 Å². The molecular weight excluding hydrogens is 330 g/mol. The molecule has 1 aliphatic rings. The van der Waals surface area contributed by atoms with Gasteiger partial charge in [-0.25, -0.2) is 4.98 Å². The number of nitrogens with one attached hydrogen (secondary N) is 1. The number of ether oxygens (including phenoxy) is 2. The molecule has 1 aromatic heterocycles. The first-order valence-electron chi connectivity index (χ1n) is 8.79. The van der Waals surface area contributed by atoms with E-state index in [-0.39, 0.29) is 19.1 Å². The summed E-state index contributed by atoms with van der Waals surface area (Å²) in [5, 5.41) is 2.95. The monoisotopic (exact) mass is 351 g/mol. The second-order valence-corrected chi connectivity index (χ2v) is 6.43. The van der Waals surface area contributed by atoms with Crippen LogP contribution in [0, 0.1) is 6.92 Å². The molecule has 0 radical (unpaired) electrons. The van der Waals surface area contributed by atoms with Crippen molar-refractivity contribution in [2.45, 2.75) is 33.2 Å². The molecule has 0 bridgehead atoms. The lowest BCUT2D eigenvalue weighted by Gasteiger charge is -2.07. The van der Waals surface area contributed by atoms with Crippen molar-refractivity contribution in [2.75, 3.05) is 12.1 Å². The quantitative estimate of drug-likeness (QED) is 0.762. The SMILES string of the molecule is CCCn1c(C)nc2cc(NC(=O)Cc3ccc4c(c3)OCO4)ccc21. The van der Waals surface area contributed by atoms with Crippen molar-refractivity contribution in [1.82, 2.24) is 9.55 Å². The highest BCUT2D eigenvalue weighted by molar-refractivity contribution is 5.94. The van der Waals surface area contributed by atoms with Gasteiger partial charge in [-0.3, -0.25) is 4.79 Å². The third-order valence-electron chi connectivity index (χ3n) is 4.47. The molecule has 0 aliphatic carbocycles. The Morgan fingerprint density at radius 1 is 1.19 bits per heavy atom. The van der Waals surface area contributed by atoms with E-state index in [0.29, 0.717) is 5.75 Å². The third-order valence-corrected chi connectivity index (χ3v) is 4.47. The molecule has 2 heterocycles. The average Bonchev–Trinajstić information content (AvgIpc) is 3.19. The first-order valence-corrected chi connectivity index (χ1v) is 8.79. The minimum absolute atomic E-state index is 0.0760. The minimum atomic E-state index is -0.0760. The number of benzene rings is 2. The lowest BCUT2D eigenvalue weighted by molar-refractivity contribution is -0.115. The number of fused-ring (bicyclic) bond motifs is 2. The molecule has 0 saturated carbocycles. The van der Waals surface area contributed by atoms with E-state index in [4.69, 9.17) is 9.47 Å². The smallest absolute Gasteiger partial charge is 0.231 e. The van der Waals surface area contributed by atoms with Gasteiger partial charge in [0, 0.05) is 12.2 Å². The Labute approximate surface area is 151 Å². The number of rotatable bonds is 5. The van der Waals surface area contributed by atoms with Gasteiger partial charge in [0.2, 0.25) is 12.7 Å². The zero-order valence-electron chi connectivity index (χ0n) is 14.9. The molecule has 0 fully saturated rings. The Morgan fingerprint density at radius 3 is 2.88 bits per heavy atom. The Bertz CT molecular complexity index is 978. The largest absolute Gasteiger partial charge is 0.454 e. The molecule has 6 nitrogen and oxygen atoms in total. The molecule has 4 rings (SSSR count). The molecule has 1 amide bonds. The standard InChI is InChI=1S/C20H21N3O3/c1-3-8-23-13(2)21-16-11-15(5-6-17(16)23)22-20(24)10-14-4-7-18-19(9-14)26-12-25-18/h4-7,9,11H,3,8,10,12H2,1-2H3,(H,22,24). The molecule has 2 aromatic carbocycles. The highest BCUT2D eigenvalue weighted by atomic mass is 16.7. The predicted molar refractivity (Wildman–Crippen MR) is 99.7 cm³/mol. The number of carbonyl (C=O) groups excluding carboxylic acids is 1. The summed E-state index contributed by atoms with van der Waals surface area (Å²) in [6.45, 7) is 5.33. The second-order valence-electron chi connectivity index (χ2n) is 6.43. The van der Waals surface area contributed by atoms with E-state index >= 15 is 0 Å². The predicted octanol–water partition coefficient (Wildman–Crippen LogP) is 3.66. The third kappa shape index (κ3) is 3.10. The molecule has 134 valence electrons. The highest BCUT2D eigenvalue weighted by Crippen LogP contribution is 2.32. The van der Waals surface area contributed by atoms with Crippen LogP contribution in [0.4, 0.5) is 5.69 Å². The molecule has 1 N–H and O–H groups in total. The summed E-state index contributed by atoms with van der Waals surface area (Å²) >= 11 is 0. The van der Waals surface area contributed by atoms with Crippen molar-refractivity contribution in [3.63, 3.8) is 0 Å². The maximum Gasteiger partial charge on any atom is 0.231 e. The number of amides is 1. The molecule has 0 saturated heterocycles. The van der Waals surface area contributed by atoms with Gasteiger partial charge in [0.25, 0.3) is 0 Å². The summed E-state index contributed by atoms with van der Waals surface area (Å²) < 4.78 is 12.9. The van der Waals surface area contributed by atoms with E-state index in [2.05, 4.69) is 21.8 Å². The summed E-state index contributed by atoms with van der Waals surface area (Å²) in [5.41, 5.74) is 3.63. The van der Waals surface area contributed by atoms with E-state index in [1.807, 2.05) is 43.3 Å². The van der Waals surface area contributed by atoms with Crippen molar-refractivity contribution >= 4 is 22.6 Å². The van der Waals surface area contributed by atoms with E-state index < -0.39 is 0 Å². The number of nitrogens with zero attached hydrogens (tertiary/aromatic N) is 2. The number of aromatic nitrogens is 2. The van der Waals surface area contributed by atoms with Crippen LogP contribution in [-0.4, -0.2) is 22.3 Å². The number of carbonyl (C=O) groups is 1. The topological polar surface area (TPSA) is 65.4 Å². The zero-order chi connectivity index (χ0) is 18.1.